The molecule has 2 fully saturated rings. The number of nitrogens with zero attached hydrogens (tertiary/aromatic N) is 1. The van der Waals surface area contributed by atoms with Gasteiger partial charge in [-0.1, -0.05) is 32.6 Å². The highest BCUT2D eigenvalue weighted by atomic mass is 19.1. The van der Waals surface area contributed by atoms with Gasteiger partial charge in [-0.05, 0) is 75.2 Å². The first-order valence-electron chi connectivity index (χ1n) is 10.1. The molecule has 0 unspecified atom stereocenters. The highest BCUT2D eigenvalue weighted by Gasteiger charge is 2.24. The van der Waals surface area contributed by atoms with Crippen LogP contribution in [0.3, 0.4) is 0 Å². The van der Waals surface area contributed by atoms with Crippen molar-refractivity contribution in [3.05, 3.63) is 11.9 Å². The number of ether oxygens (including phenoxy) is 1. The maximum atomic E-state index is 12.8. The van der Waals surface area contributed by atoms with E-state index in [4.69, 9.17) is 10.00 Å². The fourth-order valence-electron chi connectivity index (χ4n) is 4.45. The van der Waals surface area contributed by atoms with Gasteiger partial charge >= 0.3 is 0 Å². The van der Waals surface area contributed by atoms with Gasteiger partial charge in [-0.25, -0.2) is 0 Å². The second-order valence-electron chi connectivity index (χ2n) is 7.89. The van der Waals surface area contributed by atoms with Gasteiger partial charge in [0.1, 0.15) is 6.07 Å². The van der Waals surface area contributed by atoms with Gasteiger partial charge < -0.3 is 4.74 Å². The SMILES string of the molecule is CCCC1CCC(COC2CCC(CC/C=C(\F)C#N)CC2)CC1. The number of allylic oxidation sites excluding steroid dienone is 2. The lowest BCUT2D eigenvalue weighted by atomic mass is 9.80. The van der Waals surface area contributed by atoms with Crippen molar-refractivity contribution in [3.63, 3.8) is 0 Å². The van der Waals surface area contributed by atoms with E-state index in [-0.39, 0.29) is 0 Å². The Balaban J connectivity index is 1.55. The first-order chi connectivity index (χ1) is 11.7. The number of halogens is 1. The summed E-state index contributed by atoms with van der Waals surface area (Å²) in [5, 5.41) is 8.40. The quantitative estimate of drug-likeness (QED) is 0.486. The van der Waals surface area contributed by atoms with Gasteiger partial charge in [-0.15, -0.1) is 0 Å². The van der Waals surface area contributed by atoms with Gasteiger partial charge in [-0.3, -0.25) is 0 Å². The molecule has 0 aliphatic heterocycles. The Labute approximate surface area is 147 Å². The molecular formula is C21H34FNO. The molecule has 136 valence electrons. The van der Waals surface area contributed by atoms with Gasteiger partial charge in [-0.2, -0.15) is 9.65 Å². The van der Waals surface area contributed by atoms with Crippen LogP contribution in [0.4, 0.5) is 4.39 Å². The number of nitriles is 1. The molecule has 2 aliphatic carbocycles. The van der Waals surface area contributed by atoms with E-state index in [9.17, 15) is 4.39 Å². The predicted molar refractivity (Wildman–Crippen MR) is 96.1 cm³/mol. The summed E-state index contributed by atoms with van der Waals surface area (Å²) in [6.45, 7) is 3.26. The third-order valence-electron chi connectivity index (χ3n) is 6.03. The third kappa shape index (κ3) is 6.93. The fraction of sp³-hybridized carbons (Fsp3) is 0.857. The number of rotatable bonds is 8. The Bertz CT molecular complexity index is 412. The second kappa shape index (κ2) is 10.9. The summed E-state index contributed by atoms with van der Waals surface area (Å²) in [5.41, 5.74) is 0. The molecule has 0 amide bonds. The number of hydrogen-bond donors (Lipinski definition) is 0. The number of hydrogen-bond acceptors (Lipinski definition) is 2. The average Bonchev–Trinajstić information content (AvgIpc) is 2.62. The van der Waals surface area contributed by atoms with Crippen LogP contribution in [0.25, 0.3) is 0 Å². The molecule has 2 nitrogen and oxygen atoms in total. The smallest absolute Gasteiger partial charge is 0.196 e. The summed E-state index contributed by atoms with van der Waals surface area (Å²) in [6, 6.07) is 1.54. The average molecular weight is 336 g/mol. The van der Waals surface area contributed by atoms with Gasteiger partial charge in [0.25, 0.3) is 0 Å². The molecule has 0 N–H and O–H groups in total. The van der Waals surface area contributed by atoms with Crippen molar-refractivity contribution in [3.8, 4) is 6.07 Å². The molecule has 0 spiro atoms. The summed E-state index contributed by atoms with van der Waals surface area (Å²) < 4.78 is 19.0. The van der Waals surface area contributed by atoms with E-state index >= 15 is 0 Å². The lowest BCUT2D eigenvalue weighted by Gasteiger charge is -2.32. The molecule has 0 aromatic carbocycles. The summed E-state index contributed by atoms with van der Waals surface area (Å²) in [7, 11) is 0. The van der Waals surface area contributed by atoms with Crippen LogP contribution in [0.1, 0.15) is 84.0 Å². The van der Waals surface area contributed by atoms with Crippen LogP contribution in [0.2, 0.25) is 0 Å². The molecule has 2 saturated carbocycles. The van der Waals surface area contributed by atoms with Gasteiger partial charge in [0.05, 0.1) is 6.10 Å². The van der Waals surface area contributed by atoms with E-state index < -0.39 is 5.83 Å². The largest absolute Gasteiger partial charge is 0.378 e. The maximum Gasteiger partial charge on any atom is 0.196 e. The molecular weight excluding hydrogens is 301 g/mol. The molecule has 0 atom stereocenters. The van der Waals surface area contributed by atoms with E-state index in [1.807, 2.05) is 0 Å². The second-order valence-corrected chi connectivity index (χ2v) is 7.89. The Morgan fingerprint density at radius 2 is 1.58 bits per heavy atom. The van der Waals surface area contributed by atoms with Crippen LogP contribution in [0.5, 0.6) is 0 Å². The molecule has 2 aliphatic rings. The minimum absolute atomic E-state index is 0.445. The molecule has 2 rings (SSSR count). The van der Waals surface area contributed by atoms with E-state index in [1.54, 1.807) is 6.07 Å². The highest BCUT2D eigenvalue weighted by Crippen LogP contribution is 2.33. The standard InChI is InChI=1S/C21H34FNO/c1-2-4-17-7-9-19(10-8-17)16-24-21-13-11-18(12-14-21)5-3-6-20(22)15-23/h6,17-19,21H,2-5,7-14,16H2,1H3/b20-6-. The molecule has 0 saturated heterocycles. The van der Waals surface area contributed by atoms with Crippen LogP contribution in [-0.2, 0) is 4.74 Å². The fourth-order valence-corrected chi connectivity index (χ4v) is 4.45. The van der Waals surface area contributed by atoms with E-state index in [0.29, 0.717) is 18.4 Å². The molecule has 3 heteroatoms. The van der Waals surface area contributed by atoms with Crippen LogP contribution < -0.4 is 0 Å². The van der Waals surface area contributed by atoms with Crippen molar-refractivity contribution >= 4 is 0 Å². The minimum Gasteiger partial charge on any atom is -0.378 e. The van der Waals surface area contributed by atoms with Crippen molar-refractivity contribution in [2.45, 2.75) is 90.1 Å². The van der Waals surface area contributed by atoms with Crippen molar-refractivity contribution in [2.75, 3.05) is 6.61 Å². The molecule has 0 bridgehead atoms. The lowest BCUT2D eigenvalue weighted by molar-refractivity contribution is -0.0101. The van der Waals surface area contributed by atoms with Gasteiger partial charge in [0, 0.05) is 6.61 Å². The zero-order valence-electron chi connectivity index (χ0n) is 15.3. The Kier molecular flexibility index (Phi) is 8.81. The lowest BCUT2D eigenvalue weighted by Crippen LogP contribution is -2.26. The Hall–Kier alpha value is -0.880. The van der Waals surface area contributed by atoms with Crippen LogP contribution >= 0.6 is 0 Å². The Morgan fingerprint density at radius 1 is 1.00 bits per heavy atom. The monoisotopic (exact) mass is 335 g/mol. The topological polar surface area (TPSA) is 33.0 Å². The summed E-state index contributed by atoms with van der Waals surface area (Å²) in [6.07, 6.45) is 16.5. The molecule has 0 heterocycles. The Morgan fingerprint density at radius 3 is 2.21 bits per heavy atom. The van der Waals surface area contributed by atoms with E-state index in [0.717, 1.165) is 37.7 Å². The molecule has 0 aromatic rings. The molecule has 0 radical (unpaired) electrons. The summed E-state index contributed by atoms with van der Waals surface area (Å²) in [4.78, 5) is 0. The molecule has 24 heavy (non-hydrogen) atoms. The summed E-state index contributed by atoms with van der Waals surface area (Å²) >= 11 is 0. The van der Waals surface area contributed by atoms with Crippen LogP contribution in [0.15, 0.2) is 11.9 Å². The summed E-state index contributed by atoms with van der Waals surface area (Å²) in [5.74, 6) is 1.80. The zero-order valence-corrected chi connectivity index (χ0v) is 15.3. The highest BCUT2D eigenvalue weighted by molar-refractivity contribution is 5.11. The van der Waals surface area contributed by atoms with Crippen molar-refractivity contribution in [1.82, 2.24) is 0 Å². The minimum atomic E-state index is -0.638. The first kappa shape index (κ1) is 19.4. The van der Waals surface area contributed by atoms with Crippen LogP contribution in [0, 0.1) is 29.1 Å². The predicted octanol–water partition coefficient (Wildman–Crippen LogP) is 6.33. The maximum absolute atomic E-state index is 12.8. The third-order valence-corrected chi connectivity index (χ3v) is 6.03. The van der Waals surface area contributed by atoms with Crippen LogP contribution in [-0.4, -0.2) is 12.7 Å². The normalized spacial score (nSPS) is 31.6. The van der Waals surface area contributed by atoms with E-state index in [2.05, 4.69) is 6.92 Å². The van der Waals surface area contributed by atoms with Gasteiger partial charge in [0.2, 0.25) is 0 Å². The molecule has 0 aromatic heterocycles. The zero-order chi connectivity index (χ0) is 17.2. The van der Waals surface area contributed by atoms with Crippen molar-refractivity contribution in [1.29, 1.82) is 5.26 Å². The van der Waals surface area contributed by atoms with Gasteiger partial charge in [0.15, 0.2) is 5.83 Å². The van der Waals surface area contributed by atoms with Crippen molar-refractivity contribution in [2.24, 2.45) is 17.8 Å². The van der Waals surface area contributed by atoms with Crippen molar-refractivity contribution < 1.29 is 9.13 Å². The first-order valence-corrected chi connectivity index (χ1v) is 10.1. The van der Waals surface area contributed by atoms with E-state index in [1.165, 1.54) is 57.4 Å².